The first-order chi connectivity index (χ1) is 8.02. The van der Waals surface area contributed by atoms with Gasteiger partial charge in [-0.25, -0.2) is 9.18 Å². The van der Waals surface area contributed by atoms with Gasteiger partial charge < -0.3 is 0 Å². The molecule has 0 saturated carbocycles. The minimum Gasteiger partial charge on any atom is -0.282 e. The Kier molecular flexibility index (Phi) is 2.67. The van der Waals surface area contributed by atoms with Gasteiger partial charge >= 0.3 is 5.69 Å². The summed E-state index contributed by atoms with van der Waals surface area (Å²) in [7, 11) is 1.38. The van der Waals surface area contributed by atoms with Crippen LogP contribution in [0.3, 0.4) is 0 Å². The average Bonchev–Trinajstić information content (AvgIpc) is 2.32. The summed E-state index contributed by atoms with van der Waals surface area (Å²) in [5.74, 6) is -0.727. The quantitative estimate of drug-likeness (QED) is 0.788. The highest BCUT2D eigenvalue weighted by Gasteiger charge is 2.08. The maximum Gasteiger partial charge on any atom is 0.334 e. The van der Waals surface area contributed by atoms with Crippen molar-refractivity contribution in [1.29, 1.82) is 5.41 Å². The van der Waals surface area contributed by atoms with Gasteiger partial charge in [0.25, 0.3) is 0 Å². The number of hydrogen-bond donors (Lipinski definition) is 1. The molecule has 88 valence electrons. The topological polar surface area (TPSA) is 50.8 Å². The number of halogens is 1. The van der Waals surface area contributed by atoms with Crippen molar-refractivity contribution < 1.29 is 4.39 Å². The number of aromatic nitrogens is 2. The predicted octanol–water partition coefficient (Wildman–Crippen LogP) is 1.10. The van der Waals surface area contributed by atoms with Crippen LogP contribution in [0.15, 0.2) is 35.3 Å². The molecule has 0 atom stereocenters. The molecule has 0 aliphatic rings. The number of hydrogen-bond acceptors (Lipinski definition) is 2. The van der Waals surface area contributed by atoms with Crippen LogP contribution in [-0.2, 0) is 7.05 Å². The zero-order chi connectivity index (χ0) is 12.6. The Balaban J connectivity index is 2.83. The van der Waals surface area contributed by atoms with Gasteiger partial charge in [-0.05, 0) is 18.6 Å². The fourth-order valence-electron chi connectivity index (χ4n) is 1.65. The molecule has 1 heterocycles. The molecular formula is C12H12FN3O. The highest BCUT2D eigenvalue weighted by Crippen LogP contribution is 2.10. The lowest BCUT2D eigenvalue weighted by molar-refractivity contribution is 0.542. The number of rotatable bonds is 1. The van der Waals surface area contributed by atoms with Gasteiger partial charge in [-0.3, -0.25) is 14.5 Å². The van der Waals surface area contributed by atoms with Crippen LogP contribution >= 0.6 is 0 Å². The van der Waals surface area contributed by atoms with Crippen molar-refractivity contribution >= 4 is 0 Å². The van der Waals surface area contributed by atoms with Crippen LogP contribution < -0.4 is 11.2 Å². The second kappa shape index (κ2) is 4.01. The molecule has 0 radical (unpaired) electrons. The zero-order valence-electron chi connectivity index (χ0n) is 9.57. The zero-order valence-corrected chi connectivity index (χ0v) is 9.57. The number of nitrogens with one attached hydrogen (secondary N) is 1. The van der Waals surface area contributed by atoms with Crippen molar-refractivity contribution in [2.45, 2.75) is 6.92 Å². The lowest BCUT2D eigenvalue weighted by Gasteiger charge is -2.10. The third kappa shape index (κ3) is 1.80. The van der Waals surface area contributed by atoms with E-state index in [-0.39, 0.29) is 0 Å². The van der Waals surface area contributed by atoms with Crippen molar-refractivity contribution in [3.05, 3.63) is 57.8 Å². The molecule has 2 rings (SSSR count). The Hall–Kier alpha value is -2.17. The van der Waals surface area contributed by atoms with Gasteiger partial charge in [-0.15, -0.1) is 0 Å². The molecular weight excluding hydrogens is 221 g/mol. The van der Waals surface area contributed by atoms with Gasteiger partial charge in [0.1, 0.15) is 0 Å². The molecule has 5 heteroatoms. The molecule has 2 aromatic rings. The summed E-state index contributed by atoms with van der Waals surface area (Å²) in [4.78, 5) is 11.9. The van der Waals surface area contributed by atoms with Gasteiger partial charge in [-0.2, -0.15) is 0 Å². The van der Waals surface area contributed by atoms with E-state index in [1.165, 1.54) is 11.6 Å². The fourth-order valence-corrected chi connectivity index (χ4v) is 1.65. The normalized spacial score (nSPS) is 10.5. The van der Waals surface area contributed by atoms with Crippen LogP contribution in [-0.4, -0.2) is 9.13 Å². The number of para-hydroxylation sites is 1. The van der Waals surface area contributed by atoms with E-state index >= 15 is 0 Å². The van der Waals surface area contributed by atoms with E-state index in [2.05, 4.69) is 0 Å². The summed E-state index contributed by atoms with van der Waals surface area (Å²) < 4.78 is 15.7. The summed E-state index contributed by atoms with van der Waals surface area (Å²) in [6, 6.07) is 7.20. The molecule has 0 bridgehead atoms. The van der Waals surface area contributed by atoms with Crippen molar-refractivity contribution in [1.82, 2.24) is 9.13 Å². The molecule has 0 amide bonds. The smallest absolute Gasteiger partial charge is 0.282 e. The van der Waals surface area contributed by atoms with Crippen LogP contribution in [0, 0.1) is 18.2 Å². The molecule has 1 aromatic carbocycles. The lowest BCUT2D eigenvalue weighted by Crippen LogP contribution is -2.38. The highest BCUT2D eigenvalue weighted by molar-refractivity contribution is 5.39. The van der Waals surface area contributed by atoms with E-state index in [0.29, 0.717) is 5.69 Å². The second-order valence-electron chi connectivity index (χ2n) is 3.82. The van der Waals surface area contributed by atoms with Crippen molar-refractivity contribution in [2.24, 2.45) is 7.05 Å². The van der Waals surface area contributed by atoms with Gasteiger partial charge in [-0.1, -0.05) is 18.2 Å². The van der Waals surface area contributed by atoms with Crippen LogP contribution in [0.1, 0.15) is 5.56 Å². The molecule has 0 aliphatic carbocycles. The Morgan fingerprint density at radius 2 is 1.94 bits per heavy atom. The van der Waals surface area contributed by atoms with E-state index in [1.807, 2.05) is 19.1 Å². The fraction of sp³-hybridized carbons (Fsp3) is 0.167. The van der Waals surface area contributed by atoms with E-state index in [9.17, 15) is 9.18 Å². The Bertz CT molecular complexity index is 685. The summed E-state index contributed by atoms with van der Waals surface area (Å²) in [6.07, 6.45) is 1.05. The maximum absolute atomic E-state index is 13.5. The molecule has 1 aromatic heterocycles. The average molecular weight is 233 g/mol. The van der Waals surface area contributed by atoms with E-state index in [0.717, 1.165) is 16.3 Å². The lowest BCUT2D eigenvalue weighted by atomic mass is 10.2. The van der Waals surface area contributed by atoms with Gasteiger partial charge in [0, 0.05) is 7.05 Å². The van der Waals surface area contributed by atoms with E-state index < -0.39 is 17.0 Å². The second-order valence-corrected chi connectivity index (χ2v) is 3.82. The first-order valence-corrected chi connectivity index (χ1v) is 5.11. The van der Waals surface area contributed by atoms with Gasteiger partial charge in [0.2, 0.25) is 0 Å². The summed E-state index contributed by atoms with van der Waals surface area (Å²) in [6.45, 7) is 1.84. The summed E-state index contributed by atoms with van der Waals surface area (Å²) >= 11 is 0. The molecule has 0 unspecified atom stereocenters. The number of aryl methyl sites for hydroxylation is 1. The molecule has 4 nitrogen and oxygen atoms in total. The van der Waals surface area contributed by atoms with Gasteiger partial charge in [0.05, 0.1) is 11.9 Å². The van der Waals surface area contributed by atoms with Crippen molar-refractivity contribution in [2.75, 3.05) is 0 Å². The van der Waals surface area contributed by atoms with Crippen LogP contribution in [0.25, 0.3) is 5.69 Å². The Morgan fingerprint density at radius 1 is 1.29 bits per heavy atom. The molecule has 1 N–H and O–H groups in total. The highest BCUT2D eigenvalue weighted by atomic mass is 19.1. The maximum atomic E-state index is 13.5. The molecule has 0 saturated heterocycles. The van der Waals surface area contributed by atoms with Crippen molar-refractivity contribution in [3.8, 4) is 5.69 Å². The predicted molar refractivity (Wildman–Crippen MR) is 61.6 cm³/mol. The molecule has 0 fully saturated rings. The number of benzene rings is 1. The third-order valence-corrected chi connectivity index (χ3v) is 2.67. The molecule has 17 heavy (non-hydrogen) atoms. The van der Waals surface area contributed by atoms with Crippen LogP contribution in [0.2, 0.25) is 0 Å². The van der Waals surface area contributed by atoms with Crippen molar-refractivity contribution in [3.63, 3.8) is 0 Å². The summed E-state index contributed by atoms with van der Waals surface area (Å²) in [5, 5.41) is 7.37. The largest absolute Gasteiger partial charge is 0.334 e. The Labute approximate surface area is 97.1 Å². The minimum atomic E-state index is -0.727. The van der Waals surface area contributed by atoms with Crippen LogP contribution in [0.5, 0.6) is 0 Å². The minimum absolute atomic E-state index is 0.417. The monoisotopic (exact) mass is 233 g/mol. The third-order valence-electron chi connectivity index (χ3n) is 2.67. The first kappa shape index (κ1) is 11.3. The Morgan fingerprint density at radius 3 is 2.59 bits per heavy atom. The summed E-state index contributed by atoms with van der Waals surface area (Å²) in [5.41, 5.74) is 0.629. The van der Waals surface area contributed by atoms with E-state index in [1.54, 1.807) is 12.1 Å². The molecule has 0 aliphatic heterocycles. The molecule has 0 spiro atoms. The number of nitrogens with zero attached hydrogens (tertiary/aromatic N) is 2. The van der Waals surface area contributed by atoms with Crippen LogP contribution in [0.4, 0.5) is 4.39 Å². The SMILES string of the molecule is Cc1ccccc1-n1cc(F)c(=N)n(C)c1=O. The van der Waals surface area contributed by atoms with E-state index in [4.69, 9.17) is 5.41 Å². The van der Waals surface area contributed by atoms with Gasteiger partial charge in [0.15, 0.2) is 11.3 Å². The first-order valence-electron chi connectivity index (χ1n) is 5.11. The standard InChI is InChI=1S/C12H12FN3O/c1-8-5-3-4-6-10(8)16-7-9(13)11(14)15(2)12(16)17/h3-7,14H,1-2H3.